The molecule has 0 saturated carbocycles. The first-order valence-corrected chi connectivity index (χ1v) is 10.2. The molecule has 2 amide bonds. The lowest BCUT2D eigenvalue weighted by Crippen LogP contribution is -2.44. The number of amides is 2. The highest BCUT2D eigenvalue weighted by molar-refractivity contribution is 7.91. The van der Waals surface area contributed by atoms with Gasteiger partial charge in [-0.25, -0.2) is 13.2 Å². The molecule has 1 N–H and O–H groups in total. The summed E-state index contributed by atoms with van der Waals surface area (Å²) in [4.78, 5) is 14.3. The summed E-state index contributed by atoms with van der Waals surface area (Å²) in [6.45, 7) is 0. The molecule has 2 aromatic carbocycles. The fourth-order valence-corrected chi connectivity index (χ4v) is 4.84. The summed E-state index contributed by atoms with van der Waals surface area (Å²) in [5.41, 5.74) is 1.13. The van der Waals surface area contributed by atoms with Crippen molar-refractivity contribution in [3.8, 4) is 0 Å². The van der Waals surface area contributed by atoms with Crippen LogP contribution < -0.4 is 10.2 Å². The summed E-state index contributed by atoms with van der Waals surface area (Å²) in [5, 5.41) is 3.81. The molecular weight excluding hydrogens is 383 g/mol. The van der Waals surface area contributed by atoms with Crippen LogP contribution in [-0.2, 0) is 9.84 Å². The minimum Gasteiger partial charge on any atom is -0.307 e. The Morgan fingerprint density at radius 3 is 2.40 bits per heavy atom. The van der Waals surface area contributed by atoms with Gasteiger partial charge in [0.25, 0.3) is 0 Å². The zero-order valence-electron chi connectivity index (χ0n) is 13.2. The minimum absolute atomic E-state index is 0.0570. The molecule has 1 aliphatic rings. The van der Waals surface area contributed by atoms with Crippen molar-refractivity contribution in [3.05, 3.63) is 58.6 Å². The third kappa shape index (κ3) is 4.45. The van der Waals surface area contributed by atoms with Crippen molar-refractivity contribution in [2.24, 2.45) is 0 Å². The molecule has 3 rings (SSSR count). The molecule has 0 aliphatic carbocycles. The normalized spacial score (nSPS) is 18.7. The van der Waals surface area contributed by atoms with Gasteiger partial charge in [0.05, 0.1) is 17.5 Å². The molecule has 0 bridgehead atoms. The Bertz CT molecular complexity index is 885. The summed E-state index contributed by atoms with van der Waals surface area (Å²) >= 11 is 11.9. The minimum atomic E-state index is -3.14. The molecule has 25 heavy (non-hydrogen) atoms. The van der Waals surface area contributed by atoms with Gasteiger partial charge in [0.1, 0.15) is 0 Å². The van der Waals surface area contributed by atoms with E-state index in [1.54, 1.807) is 48.5 Å². The molecule has 2 aromatic rings. The van der Waals surface area contributed by atoms with Crippen LogP contribution in [0.3, 0.4) is 0 Å². The molecule has 8 heteroatoms. The van der Waals surface area contributed by atoms with Gasteiger partial charge in [-0.1, -0.05) is 29.3 Å². The monoisotopic (exact) mass is 398 g/mol. The molecule has 1 aliphatic heterocycles. The number of carbonyl (C=O) groups excluding carboxylic acids is 1. The fraction of sp³-hybridized carbons (Fsp3) is 0.235. The second-order valence-electron chi connectivity index (χ2n) is 5.84. The van der Waals surface area contributed by atoms with E-state index in [0.29, 0.717) is 27.8 Å². The van der Waals surface area contributed by atoms with E-state index < -0.39 is 21.9 Å². The standard InChI is InChI=1S/C17H16Cl2N2O3S/c18-12-4-6-15(7-5-12)21(16-8-9-25(23,24)11-16)17(22)20-14-3-1-2-13(19)10-14/h1-7,10,16H,8-9,11H2,(H,20,22). The first-order valence-electron chi connectivity index (χ1n) is 7.66. The lowest BCUT2D eigenvalue weighted by molar-refractivity contribution is 0.255. The summed E-state index contributed by atoms with van der Waals surface area (Å²) in [5.74, 6) is 0.0186. The Morgan fingerprint density at radius 2 is 1.80 bits per heavy atom. The Balaban J connectivity index is 1.90. The summed E-state index contributed by atoms with van der Waals surface area (Å²) in [7, 11) is -3.14. The highest BCUT2D eigenvalue weighted by Crippen LogP contribution is 2.27. The van der Waals surface area contributed by atoms with Crippen molar-refractivity contribution >= 4 is 50.4 Å². The first-order chi connectivity index (χ1) is 11.8. The van der Waals surface area contributed by atoms with Gasteiger partial charge in [-0.3, -0.25) is 4.90 Å². The van der Waals surface area contributed by atoms with Crippen LogP contribution in [0.4, 0.5) is 16.2 Å². The molecule has 5 nitrogen and oxygen atoms in total. The molecule has 0 spiro atoms. The van der Waals surface area contributed by atoms with Gasteiger partial charge >= 0.3 is 6.03 Å². The van der Waals surface area contributed by atoms with Gasteiger partial charge in [0, 0.05) is 21.4 Å². The lowest BCUT2D eigenvalue weighted by atomic mass is 10.2. The van der Waals surface area contributed by atoms with Crippen LogP contribution in [0.25, 0.3) is 0 Å². The van der Waals surface area contributed by atoms with E-state index in [0.717, 1.165) is 0 Å². The van der Waals surface area contributed by atoms with Crippen LogP contribution in [0.15, 0.2) is 48.5 Å². The van der Waals surface area contributed by atoms with Crippen molar-refractivity contribution < 1.29 is 13.2 Å². The number of anilines is 2. The molecule has 1 saturated heterocycles. The summed E-state index contributed by atoms with van der Waals surface area (Å²) in [6, 6.07) is 12.7. The number of urea groups is 1. The maximum absolute atomic E-state index is 12.9. The second-order valence-corrected chi connectivity index (χ2v) is 8.95. The van der Waals surface area contributed by atoms with Crippen LogP contribution in [0.1, 0.15) is 6.42 Å². The van der Waals surface area contributed by atoms with Crippen molar-refractivity contribution in [1.82, 2.24) is 0 Å². The molecule has 1 heterocycles. The number of hydrogen-bond donors (Lipinski definition) is 1. The maximum atomic E-state index is 12.9. The first kappa shape index (κ1) is 18.0. The van der Waals surface area contributed by atoms with Crippen LogP contribution >= 0.6 is 23.2 Å². The SMILES string of the molecule is O=C(Nc1cccc(Cl)c1)N(c1ccc(Cl)cc1)C1CCS(=O)(=O)C1. The predicted octanol–water partition coefficient (Wildman–Crippen LogP) is 4.22. The van der Waals surface area contributed by atoms with E-state index in [4.69, 9.17) is 23.2 Å². The number of sulfone groups is 1. The zero-order chi connectivity index (χ0) is 18.0. The number of nitrogens with one attached hydrogen (secondary N) is 1. The number of carbonyl (C=O) groups is 1. The largest absolute Gasteiger partial charge is 0.326 e. The molecule has 0 aromatic heterocycles. The average molecular weight is 399 g/mol. The number of rotatable bonds is 3. The average Bonchev–Trinajstić information content (AvgIpc) is 2.89. The lowest BCUT2D eigenvalue weighted by Gasteiger charge is -2.28. The molecular formula is C17H16Cl2N2O3S. The fourth-order valence-electron chi connectivity index (χ4n) is 2.82. The third-order valence-corrected chi connectivity index (χ3v) is 6.21. The van der Waals surface area contributed by atoms with Gasteiger partial charge in [-0.2, -0.15) is 0 Å². The summed E-state index contributed by atoms with van der Waals surface area (Å²) in [6.07, 6.45) is 0.397. The number of hydrogen-bond acceptors (Lipinski definition) is 3. The van der Waals surface area contributed by atoms with Gasteiger partial charge in [0.15, 0.2) is 9.84 Å². The van der Waals surface area contributed by atoms with Crippen molar-refractivity contribution in [2.75, 3.05) is 21.7 Å². The Hall–Kier alpha value is -1.76. The molecule has 1 unspecified atom stereocenters. The van der Waals surface area contributed by atoms with Crippen molar-refractivity contribution in [3.63, 3.8) is 0 Å². The summed E-state index contributed by atoms with van der Waals surface area (Å²) < 4.78 is 23.7. The van der Waals surface area contributed by atoms with E-state index in [9.17, 15) is 13.2 Å². The molecule has 132 valence electrons. The Labute approximate surface area is 156 Å². The van der Waals surface area contributed by atoms with E-state index in [2.05, 4.69) is 5.32 Å². The number of nitrogens with zero attached hydrogens (tertiary/aromatic N) is 1. The quantitative estimate of drug-likeness (QED) is 0.841. The highest BCUT2D eigenvalue weighted by Gasteiger charge is 2.35. The van der Waals surface area contributed by atoms with E-state index >= 15 is 0 Å². The molecule has 1 atom stereocenters. The topological polar surface area (TPSA) is 66.5 Å². The number of halogens is 2. The van der Waals surface area contributed by atoms with Crippen LogP contribution in [-0.4, -0.2) is 32.0 Å². The zero-order valence-corrected chi connectivity index (χ0v) is 15.5. The molecule has 1 fully saturated rings. The van der Waals surface area contributed by atoms with Gasteiger partial charge < -0.3 is 5.32 Å². The maximum Gasteiger partial charge on any atom is 0.326 e. The van der Waals surface area contributed by atoms with Crippen molar-refractivity contribution in [1.29, 1.82) is 0 Å². The van der Waals surface area contributed by atoms with Crippen LogP contribution in [0.5, 0.6) is 0 Å². The Morgan fingerprint density at radius 1 is 1.08 bits per heavy atom. The highest BCUT2D eigenvalue weighted by atomic mass is 35.5. The Kier molecular flexibility index (Phi) is 5.22. The van der Waals surface area contributed by atoms with Gasteiger partial charge in [-0.05, 0) is 48.9 Å². The smallest absolute Gasteiger partial charge is 0.307 e. The van der Waals surface area contributed by atoms with E-state index in [1.165, 1.54) is 4.90 Å². The van der Waals surface area contributed by atoms with Crippen molar-refractivity contribution in [2.45, 2.75) is 12.5 Å². The predicted molar refractivity (Wildman–Crippen MR) is 101 cm³/mol. The second kappa shape index (κ2) is 7.23. The third-order valence-electron chi connectivity index (χ3n) is 3.97. The van der Waals surface area contributed by atoms with Gasteiger partial charge in [0.2, 0.25) is 0 Å². The van der Waals surface area contributed by atoms with E-state index in [-0.39, 0.29) is 11.5 Å². The van der Waals surface area contributed by atoms with Gasteiger partial charge in [-0.15, -0.1) is 0 Å². The molecule has 0 radical (unpaired) electrons. The van der Waals surface area contributed by atoms with Crippen LogP contribution in [0, 0.1) is 0 Å². The number of benzene rings is 2. The van der Waals surface area contributed by atoms with Crippen LogP contribution in [0.2, 0.25) is 10.0 Å². The van der Waals surface area contributed by atoms with E-state index in [1.807, 2.05) is 0 Å².